The predicted molar refractivity (Wildman–Crippen MR) is 194 cm³/mol. The van der Waals surface area contributed by atoms with Crippen molar-refractivity contribution in [2.45, 2.75) is 94.7 Å². The molecule has 3 fully saturated rings. The largest absolute Gasteiger partial charge is 0.387 e. The summed E-state index contributed by atoms with van der Waals surface area (Å²) in [5, 5.41) is 34.2. The van der Waals surface area contributed by atoms with Crippen LogP contribution in [0.5, 0.6) is 0 Å². The molecule has 50 heavy (non-hydrogen) atoms. The van der Waals surface area contributed by atoms with Crippen molar-refractivity contribution in [3.8, 4) is 0 Å². The van der Waals surface area contributed by atoms with Crippen LogP contribution in [0.15, 0.2) is 42.5 Å². The Morgan fingerprint density at radius 2 is 1.54 bits per heavy atom. The molecule has 4 N–H and O–H groups in total. The zero-order valence-electron chi connectivity index (χ0n) is 29.8. The number of nitrogens with one attached hydrogen (secondary N) is 1. The van der Waals surface area contributed by atoms with Gasteiger partial charge in [-0.2, -0.15) is 0 Å². The maximum atomic E-state index is 13.3. The number of thioether (sulfide) groups is 1. The van der Waals surface area contributed by atoms with Gasteiger partial charge in [-0.25, -0.2) is 0 Å². The fourth-order valence-corrected chi connectivity index (χ4v) is 7.77. The van der Waals surface area contributed by atoms with E-state index in [-0.39, 0.29) is 17.7 Å². The molecule has 274 valence electrons. The van der Waals surface area contributed by atoms with Gasteiger partial charge in [0.1, 0.15) is 35.4 Å². The van der Waals surface area contributed by atoms with Gasteiger partial charge in [-0.15, -0.1) is 11.8 Å². The lowest BCUT2D eigenvalue weighted by Gasteiger charge is -2.40. The first kappa shape index (κ1) is 38.2. The number of amides is 3. The maximum absolute atomic E-state index is 13.3. The van der Waals surface area contributed by atoms with Crippen molar-refractivity contribution < 1.29 is 34.4 Å². The van der Waals surface area contributed by atoms with Gasteiger partial charge in [0.15, 0.2) is 0 Å². The van der Waals surface area contributed by atoms with Crippen LogP contribution in [0.1, 0.15) is 73.5 Å². The van der Waals surface area contributed by atoms with Gasteiger partial charge >= 0.3 is 0 Å². The molecule has 3 saturated heterocycles. The van der Waals surface area contributed by atoms with E-state index in [1.165, 1.54) is 11.8 Å². The minimum absolute atomic E-state index is 0.101. The minimum atomic E-state index is -1.29. The first-order valence-electron chi connectivity index (χ1n) is 17.9. The van der Waals surface area contributed by atoms with Crippen molar-refractivity contribution >= 4 is 29.5 Å². The van der Waals surface area contributed by atoms with Crippen LogP contribution < -0.4 is 5.32 Å². The minimum Gasteiger partial charge on any atom is -0.387 e. The Morgan fingerprint density at radius 3 is 2.20 bits per heavy atom. The zero-order chi connectivity index (χ0) is 36.0. The number of carbonyl (C=O) groups is 3. The zero-order valence-corrected chi connectivity index (χ0v) is 30.7. The van der Waals surface area contributed by atoms with Gasteiger partial charge in [-0.1, -0.05) is 42.5 Å². The number of piperazine rings is 1. The van der Waals surface area contributed by atoms with Gasteiger partial charge in [0.2, 0.25) is 17.7 Å². The smallest absolute Gasteiger partial charge is 0.247 e. The number of aliphatic hydroxyl groups excluding tert-OH is 3. The number of nitrogens with zero attached hydrogens (tertiary/aromatic N) is 3. The van der Waals surface area contributed by atoms with Crippen molar-refractivity contribution in [2.75, 3.05) is 52.1 Å². The summed E-state index contributed by atoms with van der Waals surface area (Å²) < 4.78 is 5.97. The van der Waals surface area contributed by atoms with Crippen LogP contribution in [0.25, 0.3) is 0 Å². The molecule has 3 amide bonds. The van der Waals surface area contributed by atoms with Crippen LogP contribution in [-0.2, 0) is 32.0 Å². The maximum Gasteiger partial charge on any atom is 0.247 e. The molecule has 0 bridgehead atoms. The molecule has 11 nitrogen and oxygen atoms in total. The number of rotatable bonds is 12. The molecule has 2 aromatic carbocycles. The van der Waals surface area contributed by atoms with Crippen molar-refractivity contribution in [1.82, 2.24) is 20.0 Å². The third kappa shape index (κ3) is 9.45. The lowest BCUT2D eigenvalue weighted by molar-refractivity contribution is -0.200. The predicted octanol–water partition coefficient (Wildman–Crippen LogP) is 2.41. The highest BCUT2D eigenvalue weighted by atomic mass is 32.2. The van der Waals surface area contributed by atoms with Gasteiger partial charge in [-0.3, -0.25) is 19.3 Å². The SMILES string of the molecule is CS[C@H]1O[C@@H](c2ccc(C)c(Cc3ccc(CCCC(=O)NC(C)(C)C(=O)N4CCN(CC(=O)N5CCCC5)CC4)cc3)c2)[C@H](O)[C@@H](O)[C@@H]1O. The van der Waals surface area contributed by atoms with E-state index in [1.807, 2.05) is 30.0 Å². The van der Waals surface area contributed by atoms with E-state index in [0.29, 0.717) is 52.0 Å². The van der Waals surface area contributed by atoms with E-state index >= 15 is 0 Å². The van der Waals surface area contributed by atoms with Crippen molar-refractivity contribution in [2.24, 2.45) is 0 Å². The normalized spacial score (nSPS) is 24.7. The molecule has 5 rings (SSSR count). The van der Waals surface area contributed by atoms with E-state index in [2.05, 4.69) is 34.5 Å². The van der Waals surface area contributed by atoms with Crippen LogP contribution in [0.2, 0.25) is 0 Å². The van der Waals surface area contributed by atoms with Crippen LogP contribution in [0, 0.1) is 6.92 Å². The fraction of sp³-hybridized carbons (Fsp3) is 0.605. The second kappa shape index (κ2) is 17.0. The number of carbonyl (C=O) groups excluding carboxylic acids is 3. The number of benzene rings is 2. The second-order valence-corrected chi connectivity index (χ2v) is 15.4. The lowest BCUT2D eigenvalue weighted by atomic mass is 9.91. The molecule has 0 spiro atoms. The molecule has 0 saturated carbocycles. The third-order valence-corrected chi connectivity index (χ3v) is 11.1. The molecule has 12 heteroatoms. The average Bonchev–Trinajstić information content (AvgIpc) is 3.65. The van der Waals surface area contributed by atoms with Gasteiger partial charge in [0.25, 0.3) is 0 Å². The standard InChI is InChI=1S/C38H54N4O7S/c1-25-10-15-28(35-33(46)32(45)34(47)36(49-35)50-4)23-29(25)22-27-13-11-26(12-14-27)8-7-9-30(43)39-38(2,3)37(48)42-20-18-40(19-21-42)24-31(44)41-16-5-6-17-41/h10-15,23,32-36,45-47H,5-9,16-22,24H2,1-4H3,(H,39,43)/t32-,33-,34+,35+,36-/m1/s1. The Bertz CT molecular complexity index is 1470. The van der Waals surface area contributed by atoms with Crippen LogP contribution >= 0.6 is 11.8 Å². The number of hydrogen-bond donors (Lipinski definition) is 4. The van der Waals surface area contributed by atoms with Gasteiger partial charge in [0, 0.05) is 45.7 Å². The van der Waals surface area contributed by atoms with Gasteiger partial charge in [-0.05, 0) is 86.9 Å². The quantitative estimate of drug-likeness (QED) is 0.261. The summed E-state index contributed by atoms with van der Waals surface area (Å²) in [5.41, 5.74) is 3.53. The van der Waals surface area contributed by atoms with Crippen LogP contribution in [0.4, 0.5) is 0 Å². The summed E-state index contributed by atoms with van der Waals surface area (Å²) in [6.07, 6.45) is 1.89. The van der Waals surface area contributed by atoms with E-state index in [0.717, 1.165) is 60.2 Å². The molecule has 3 heterocycles. The summed E-state index contributed by atoms with van der Waals surface area (Å²) in [5.74, 6) is -0.0797. The molecule has 0 radical (unpaired) electrons. The van der Waals surface area contributed by atoms with Gasteiger partial charge < -0.3 is 35.2 Å². The number of aryl methyl sites for hydroxylation is 2. The summed E-state index contributed by atoms with van der Waals surface area (Å²) in [4.78, 5) is 44.5. The molecule has 0 aliphatic carbocycles. The highest BCUT2D eigenvalue weighted by Crippen LogP contribution is 2.36. The summed E-state index contributed by atoms with van der Waals surface area (Å²) >= 11 is 1.30. The highest BCUT2D eigenvalue weighted by Gasteiger charge is 2.44. The van der Waals surface area contributed by atoms with Crippen LogP contribution in [-0.4, -0.2) is 129 Å². The molecular formula is C38H54N4O7S. The highest BCUT2D eigenvalue weighted by molar-refractivity contribution is 7.99. The number of hydrogen-bond acceptors (Lipinski definition) is 9. The lowest BCUT2D eigenvalue weighted by Crippen LogP contribution is -2.60. The first-order valence-corrected chi connectivity index (χ1v) is 19.2. The van der Waals surface area contributed by atoms with E-state index in [1.54, 1.807) is 25.0 Å². The molecule has 0 unspecified atom stereocenters. The molecular weight excluding hydrogens is 657 g/mol. The Kier molecular flexibility index (Phi) is 13.0. The Labute approximate surface area is 300 Å². The molecule has 3 aliphatic rings. The Hall–Kier alpha value is -3.00. The van der Waals surface area contributed by atoms with Crippen molar-refractivity contribution in [3.05, 3.63) is 70.3 Å². The third-order valence-electron chi connectivity index (χ3n) is 10.3. The van der Waals surface area contributed by atoms with E-state index < -0.39 is 35.4 Å². The average molecular weight is 711 g/mol. The van der Waals surface area contributed by atoms with E-state index in [4.69, 9.17) is 4.74 Å². The summed E-state index contributed by atoms with van der Waals surface area (Å²) in [6, 6.07) is 14.2. The fourth-order valence-electron chi connectivity index (χ4n) is 7.10. The molecule has 3 aliphatic heterocycles. The number of aliphatic hydroxyl groups is 3. The Balaban J connectivity index is 1.06. The summed E-state index contributed by atoms with van der Waals surface area (Å²) in [6.45, 7) is 10.0. The number of ether oxygens (including phenoxy) is 1. The topological polar surface area (TPSA) is 143 Å². The summed E-state index contributed by atoms with van der Waals surface area (Å²) in [7, 11) is 0. The van der Waals surface area contributed by atoms with Crippen LogP contribution in [0.3, 0.4) is 0 Å². The number of likely N-dealkylation sites (tertiary alicyclic amines) is 1. The second-order valence-electron chi connectivity index (χ2n) is 14.5. The first-order chi connectivity index (χ1) is 23.9. The van der Waals surface area contributed by atoms with E-state index in [9.17, 15) is 29.7 Å². The van der Waals surface area contributed by atoms with Crippen molar-refractivity contribution in [3.63, 3.8) is 0 Å². The molecule has 5 atom stereocenters. The van der Waals surface area contributed by atoms with Crippen molar-refractivity contribution in [1.29, 1.82) is 0 Å². The van der Waals surface area contributed by atoms with Gasteiger partial charge in [0.05, 0.1) is 6.54 Å². The Morgan fingerprint density at radius 1 is 0.880 bits per heavy atom. The molecule has 2 aromatic rings. The molecule has 0 aromatic heterocycles. The monoisotopic (exact) mass is 710 g/mol.